The standard InChI is InChI=1S/C13H20ClN3O2/c1-4-10(8-19-3)17-13(18)9-6-11(14)12(15-5-2)16-7-9/h6-7,10H,4-5,8H2,1-3H3,(H,15,16)(H,17,18). The van der Waals surface area contributed by atoms with Crippen LogP contribution in [0.5, 0.6) is 0 Å². The van der Waals surface area contributed by atoms with Crippen molar-refractivity contribution >= 4 is 23.3 Å². The summed E-state index contributed by atoms with van der Waals surface area (Å²) in [7, 11) is 1.61. The molecule has 1 aromatic rings. The minimum absolute atomic E-state index is 0.00952. The summed E-state index contributed by atoms with van der Waals surface area (Å²) in [5.41, 5.74) is 0.446. The van der Waals surface area contributed by atoms with Crippen LogP contribution < -0.4 is 10.6 Å². The van der Waals surface area contributed by atoms with Crippen molar-refractivity contribution in [3.05, 3.63) is 22.8 Å². The van der Waals surface area contributed by atoms with Gasteiger partial charge in [0.1, 0.15) is 5.82 Å². The third kappa shape index (κ3) is 4.69. The van der Waals surface area contributed by atoms with Crippen molar-refractivity contribution in [2.45, 2.75) is 26.3 Å². The SMILES string of the molecule is CCNc1ncc(C(=O)NC(CC)COC)cc1Cl. The van der Waals surface area contributed by atoms with E-state index in [2.05, 4.69) is 15.6 Å². The fourth-order valence-corrected chi connectivity index (χ4v) is 1.82. The number of ether oxygens (including phenoxy) is 1. The predicted molar refractivity (Wildman–Crippen MR) is 76.8 cm³/mol. The van der Waals surface area contributed by atoms with Crippen molar-refractivity contribution in [3.63, 3.8) is 0 Å². The van der Waals surface area contributed by atoms with Gasteiger partial charge in [0, 0.05) is 19.9 Å². The number of rotatable bonds is 7. The van der Waals surface area contributed by atoms with Gasteiger partial charge in [-0.15, -0.1) is 0 Å². The number of carbonyl (C=O) groups excluding carboxylic acids is 1. The minimum atomic E-state index is -0.193. The number of hydrogen-bond donors (Lipinski definition) is 2. The maximum atomic E-state index is 12.0. The molecule has 1 atom stereocenters. The molecule has 0 spiro atoms. The molecule has 106 valence electrons. The van der Waals surface area contributed by atoms with Crippen LogP contribution in [0.1, 0.15) is 30.6 Å². The Bertz CT molecular complexity index is 426. The van der Waals surface area contributed by atoms with Crippen molar-refractivity contribution in [2.75, 3.05) is 25.6 Å². The van der Waals surface area contributed by atoms with Crippen LogP contribution in [0.4, 0.5) is 5.82 Å². The Labute approximate surface area is 118 Å². The van der Waals surface area contributed by atoms with Gasteiger partial charge < -0.3 is 15.4 Å². The summed E-state index contributed by atoms with van der Waals surface area (Å²) in [5, 5.41) is 6.34. The summed E-state index contributed by atoms with van der Waals surface area (Å²) < 4.78 is 5.04. The maximum Gasteiger partial charge on any atom is 0.253 e. The third-order valence-electron chi connectivity index (χ3n) is 2.64. The monoisotopic (exact) mass is 285 g/mol. The van der Waals surface area contributed by atoms with Gasteiger partial charge in [0.2, 0.25) is 0 Å². The molecule has 2 N–H and O–H groups in total. The average molecular weight is 286 g/mol. The molecule has 5 nitrogen and oxygen atoms in total. The Morgan fingerprint density at radius 3 is 2.79 bits per heavy atom. The highest BCUT2D eigenvalue weighted by atomic mass is 35.5. The Balaban J connectivity index is 2.74. The zero-order valence-electron chi connectivity index (χ0n) is 11.5. The molecule has 1 aromatic heterocycles. The molecule has 0 aromatic carbocycles. The first kappa shape index (κ1) is 15.7. The van der Waals surface area contributed by atoms with Crippen LogP contribution in [0.2, 0.25) is 5.02 Å². The highest BCUT2D eigenvalue weighted by Gasteiger charge is 2.13. The molecule has 0 saturated carbocycles. The number of nitrogens with one attached hydrogen (secondary N) is 2. The van der Waals surface area contributed by atoms with E-state index in [1.807, 2.05) is 13.8 Å². The molecule has 1 rings (SSSR count). The second-order valence-corrected chi connectivity index (χ2v) is 4.53. The summed E-state index contributed by atoms with van der Waals surface area (Å²) in [6.45, 7) is 5.15. The summed E-state index contributed by atoms with van der Waals surface area (Å²) in [4.78, 5) is 16.2. The van der Waals surface area contributed by atoms with Gasteiger partial charge in [0.25, 0.3) is 5.91 Å². The predicted octanol–water partition coefficient (Wildman–Crippen LogP) is 2.32. The van der Waals surface area contributed by atoms with Crippen LogP contribution in [0.3, 0.4) is 0 Å². The number of amides is 1. The lowest BCUT2D eigenvalue weighted by Crippen LogP contribution is -2.37. The van der Waals surface area contributed by atoms with E-state index in [4.69, 9.17) is 16.3 Å². The lowest BCUT2D eigenvalue weighted by atomic mass is 10.2. The summed E-state index contributed by atoms with van der Waals surface area (Å²) in [5.74, 6) is 0.394. The molecule has 0 saturated heterocycles. The lowest BCUT2D eigenvalue weighted by Gasteiger charge is -2.16. The molecule has 0 aliphatic rings. The number of hydrogen-bond acceptors (Lipinski definition) is 4. The molecule has 19 heavy (non-hydrogen) atoms. The topological polar surface area (TPSA) is 63.2 Å². The van der Waals surface area contributed by atoms with Gasteiger partial charge in [0.15, 0.2) is 0 Å². The summed E-state index contributed by atoms with van der Waals surface area (Å²) >= 11 is 6.05. The number of carbonyl (C=O) groups is 1. The largest absolute Gasteiger partial charge is 0.383 e. The van der Waals surface area contributed by atoms with Gasteiger partial charge in [0.05, 0.1) is 23.2 Å². The van der Waals surface area contributed by atoms with E-state index in [0.29, 0.717) is 23.0 Å². The van der Waals surface area contributed by atoms with Crippen molar-refractivity contribution in [1.82, 2.24) is 10.3 Å². The second-order valence-electron chi connectivity index (χ2n) is 4.12. The van der Waals surface area contributed by atoms with Gasteiger partial charge in [-0.2, -0.15) is 0 Å². The van der Waals surface area contributed by atoms with Crippen LogP contribution in [-0.4, -0.2) is 37.2 Å². The Morgan fingerprint density at radius 1 is 1.53 bits per heavy atom. The smallest absolute Gasteiger partial charge is 0.253 e. The quantitative estimate of drug-likeness (QED) is 0.807. The fraction of sp³-hybridized carbons (Fsp3) is 0.538. The summed E-state index contributed by atoms with van der Waals surface area (Å²) in [6.07, 6.45) is 2.31. The maximum absolute atomic E-state index is 12.0. The number of anilines is 1. The Morgan fingerprint density at radius 2 is 2.26 bits per heavy atom. The number of pyridine rings is 1. The molecule has 0 radical (unpaired) electrons. The highest BCUT2D eigenvalue weighted by Crippen LogP contribution is 2.19. The van der Waals surface area contributed by atoms with Gasteiger partial charge >= 0.3 is 0 Å². The van der Waals surface area contributed by atoms with E-state index in [1.165, 1.54) is 6.20 Å². The van der Waals surface area contributed by atoms with Crippen LogP contribution in [0.25, 0.3) is 0 Å². The second kappa shape index (κ2) is 7.96. The minimum Gasteiger partial charge on any atom is -0.383 e. The summed E-state index contributed by atoms with van der Waals surface area (Å²) in [6, 6.07) is 1.60. The Kier molecular flexibility index (Phi) is 6.59. The molecular weight excluding hydrogens is 266 g/mol. The van der Waals surface area contributed by atoms with Crippen LogP contribution >= 0.6 is 11.6 Å². The van der Waals surface area contributed by atoms with E-state index >= 15 is 0 Å². The first-order valence-electron chi connectivity index (χ1n) is 6.31. The molecule has 6 heteroatoms. The van der Waals surface area contributed by atoms with Crippen LogP contribution in [-0.2, 0) is 4.74 Å². The fourth-order valence-electron chi connectivity index (χ4n) is 1.59. The van der Waals surface area contributed by atoms with Crippen molar-refractivity contribution < 1.29 is 9.53 Å². The van der Waals surface area contributed by atoms with E-state index in [-0.39, 0.29) is 11.9 Å². The number of aromatic nitrogens is 1. The third-order valence-corrected chi connectivity index (χ3v) is 2.93. The van der Waals surface area contributed by atoms with Crippen molar-refractivity contribution in [1.29, 1.82) is 0 Å². The van der Waals surface area contributed by atoms with Gasteiger partial charge in [-0.1, -0.05) is 18.5 Å². The molecule has 1 heterocycles. The normalized spacial score (nSPS) is 12.0. The van der Waals surface area contributed by atoms with E-state index < -0.39 is 0 Å². The highest BCUT2D eigenvalue weighted by molar-refractivity contribution is 6.33. The van der Waals surface area contributed by atoms with E-state index in [0.717, 1.165) is 13.0 Å². The number of methoxy groups -OCH3 is 1. The van der Waals surface area contributed by atoms with Crippen LogP contribution in [0.15, 0.2) is 12.3 Å². The first-order valence-corrected chi connectivity index (χ1v) is 6.69. The average Bonchev–Trinajstić information content (AvgIpc) is 2.40. The molecule has 0 aliphatic carbocycles. The van der Waals surface area contributed by atoms with Gasteiger partial charge in [-0.05, 0) is 19.4 Å². The van der Waals surface area contributed by atoms with Gasteiger partial charge in [-0.25, -0.2) is 4.98 Å². The van der Waals surface area contributed by atoms with E-state index in [9.17, 15) is 4.79 Å². The lowest BCUT2D eigenvalue weighted by molar-refractivity contribution is 0.0894. The molecular formula is C13H20ClN3O2. The van der Waals surface area contributed by atoms with Gasteiger partial charge in [-0.3, -0.25) is 4.79 Å². The van der Waals surface area contributed by atoms with E-state index in [1.54, 1.807) is 13.2 Å². The molecule has 0 fully saturated rings. The van der Waals surface area contributed by atoms with Crippen molar-refractivity contribution in [3.8, 4) is 0 Å². The van der Waals surface area contributed by atoms with Crippen LogP contribution in [0, 0.1) is 0 Å². The number of nitrogens with zero attached hydrogens (tertiary/aromatic N) is 1. The Hall–Kier alpha value is -1.33. The number of halogens is 1. The molecule has 0 bridgehead atoms. The first-order chi connectivity index (χ1) is 9.12. The zero-order chi connectivity index (χ0) is 14.3. The molecule has 1 unspecified atom stereocenters. The van der Waals surface area contributed by atoms with Crippen molar-refractivity contribution in [2.24, 2.45) is 0 Å². The molecule has 1 amide bonds. The molecule has 0 aliphatic heterocycles. The zero-order valence-corrected chi connectivity index (χ0v) is 12.3.